The number of methoxy groups -OCH3 is 1. The maximum absolute atomic E-state index is 12.2. The molecule has 1 N–H and O–H groups in total. The lowest BCUT2D eigenvalue weighted by molar-refractivity contribution is -0.114. The Morgan fingerprint density at radius 2 is 2.33 bits per heavy atom. The second-order valence-corrected chi connectivity index (χ2v) is 5.81. The number of phenols is 1. The molecule has 8 heteroatoms. The summed E-state index contributed by atoms with van der Waals surface area (Å²) in [6.07, 6.45) is 2.14. The fourth-order valence-electron chi connectivity index (χ4n) is 1.88. The molecule has 0 saturated heterocycles. The Hall–Kier alpha value is -2.92. The number of hydrogen-bond acceptors (Lipinski definition) is 6. The number of nitrogens with zero attached hydrogens (tertiary/aromatic N) is 4. The molecule has 2 rings (SSSR count). The quantitative estimate of drug-likeness (QED) is 0.673. The minimum absolute atomic E-state index is 0.0204. The molecule has 0 spiro atoms. The summed E-state index contributed by atoms with van der Waals surface area (Å²) in [5.74, 6) is -0.411. The Morgan fingerprint density at radius 1 is 1.58 bits per heavy atom. The number of nitriles is 1. The Labute approximate surface area is 142 Å². The first-order valence-corrected chi connectivity index (χ1v) is 7.91. The molecule has 0 aliphatic rings. The van der Waals surface area contributed by atoms with Crippen molar-refractivity contribution in [2.75, 3.05) is 7.11 Å². The first-order valence-electron chi connectivity index (χ1n) is 7.09. The predicted octanol–water partition coefficient (Wildman–Crippen LogP) is 1.79. The van der Waals surface area contributed by atoms with Crippen LogP contribution in [0.1, 0.15) is 17.5 Å². The van der Waals surface area contributed by atoms with Crippen LogP contribution in [0, 0.1) is 11.3 Å². The molecule has 0 bridgehead atoms. The van der Waals surface area contributed by atoms with Crippen molar-refractivity contribution in [1.29, 1.82) is 5.26 Å². The average molecular weight is 344 g/mol. The SMILES string of the molecule is CCc1nn(C)/c(=N\C(=O)/C(C#N)=C/c2ccc(O)c(OC)c2)s1. The molecule has 1 aromatic carbocycles. The van der Waals surface area contributed by atoms with Gasteiger partial charge in [0.05, 0.1) is 7.11 Å². The van der Waals surface area contributed by atoms with Crippen LogP contribution >= 0.6 is 11.3 Å². The molecule has 0 aliphatic heterocycles. The Bertz CT molecular complexity index is 903. The summed E-state index contributed by atoms with van der Waals surface area (Å²) in [6, 6.07) is 6.38. The van der Waals surface area contributed by atoms with Crippen molar-refractivity contribution in [2.45, 2.75) is 13.3 Å². The van der Waals surface area contributed by atoms with Crippen LogP contribution in [0.5, 0.6) is 11.5 Å². The van der Waals surface area contributed by atoms with Crippen LogP contribution in [0.15, 0.2) is 28.8 Å². The summed E-state index contributed by atoms with van der Waals surface area (Å²) in [4.78, 5) is 16.6. The van der Waals surface area contributed by atoms with Crippen LogP contribution in [0.4, 0.5) is 0 Å². The lowest BCUT2D eigenvalue weighted by atomic mass is 10.1. The highest BCUT2D eigenvalue weighted by Gasteiger charge is 2.10. The van der Waals surface area contributed by atoms with Gasteiger partial charge in [-0.05, 0) is 30.2 Å². The lowest BCUT2D eigenvalue weighted by Crippen LogP contribution is -2.15. The van der Waals surface area contributed by atoms with E-state index in [0.717, 1.165) is 11.4 Å². The molecule has 24 heavy (non-hydrogen) atoms. The number of carbonyl (C=O) groups is 1. The molecule has 0 unspecified atom stereocenters. The van der Waals surface area contributed by atoms with Crippen LogP contribution in [-0.2, 0) is 18.3 Å². The number of benzene rings is 1. The summed E-state index contributed by atoms with van der Waals surface area (Å²) in [7, 11) is 3.12. The van der Waals surface area contributed by atoms with E-state index in [1.807, 2.05) is 13.0 Å². The van der Waals surface area contributed by atoms with Crippen molar-refractivity contribution < 1.29 is 14.6 Å². The van der Waals surface area contributed by atoms with Crippen molar-refractivity contribution in [2.24, 2.45) is 12.0 Å². The highest BCUT2D eigenvalue weighted by Crippen LogP contribution is 2.27. The van der Waals surface area contributed by atoms with Crippen LogP contribution in [-0.4, -0.2) is 27.9 Å². The van der Waals surface area contributed by atoms with Gasteiger partial charge in [0.25, 0.3) is 5.91 Å². The van der Waals surface area contributed by atoms with Gasteiger partial charge >= 0.3 is 0 Å². The predicted molar refractivity (Wildman–Crippen MR) is 89.3 cm³/mol. The van der Waals surface area contributed by atoms with Crippen molar-refractivity contribution in [1.82, 2.24) is 9.78 Å². The van der Waals surface area contributed by atoms with Crippen molar-refractivity contribution >= 4 is 23.3 Å². The molecule has 0 saturated carbocycles. The summed E-state index contributed by atoms with van der Waals surface area (Å²) in [6.45, 7) is 1.96. The van der Waals surface area contributed by atoms with Gasteiger partial charge in [0.1, 0.15) is 16.6 Å². The zero-order valence-corrected chi connectivity index (χ0v) is 14.3. The zero-order valence-electron chi connectivity index (χ0n) is 13.5. The van der Waals surface area contributed by atoms with E-state index in [1.165, 1.54) is 41.3 Å². The number of aromatic nitrogens is 2. The third kappa shape index (κ3) is 3.88. The average Bonchev–Trinajstić information content (AvgIpc) is 2.93. The van der Waals surface area contributed by atoms with E-state index < -0.39 is 5.91 Å². The maximum atomic E-state index is 12.2. The number of phenolic OH excluding ortho intramolecular Hbond substituents is 1. The normalized spacial score (nSPS) is 12.1. The molecular weight excluding hydrogens is 328 g/mol. The topological polar surface area (TPSA) is 100 Å². The summed E-state index contributed by atoms with van der Waals surface area (Å²) in [5.41, 5.74) is 0.432. The fourth-order valence-corrected chi connectivity index (χ4v) is 2.70. The van der Waals surface area contributed by atoms with E-state index in [4.69, 9.17) is 4.74 Å². The van der Waals surface area contributed by atoms with Gasteiger partial charge < -0.3 is 9.84 Å². The highest BCUT2D eigenvalue weighted by atomic mass is 32.1. The molecule has 1 heterocycles. The van der Waals surface area contributed by atoms with E-state index >= 15 is 0 Å². The molecule has 0 radical (unpaired) electrons. The number of hydrogen-bond donors (Lipinski definition) is 1. The number of rotatable bonds is 4. The number of amides is 1. The summed E-state index contributed by atoms with van der Waals surface area (Å²) >= 11 is 1.30. The van der Waals surface area contributed by atoms with Gasteiger partial charge in [-0.2, -0.15) is 15.4 Å². The monoisotopic (exact) mass is 344 g/mol. The van der Waals surface area contributed by atoms with E-state index in [-0.39, 0.29) is 17.1 Å². The van der Waals surface area contributed by atoms with E-state index in [0.29, 0.717) is 10.4 Å². The van der Waals surface area contributed by atoms with Crippen molar-refractivity contribution in [3.8, 4) is 17.6 Å². The Balaban J connectivity index is 2.39. The minimum Gasteiger partial charge on any atom is -0.504 e. The van der Waals surface area contributed by atoms with E-state index in [1.54, 1.807) is 13.1 Å². The van der Waals surface area contributed by atoms with E-state index in [2.05, 4.69) is 10.1 Å². The fraction of sp³-hybridized carbons (Fsp3) is 0.250. The molecule has 0 atom stereocenters. The first-order chi connectivity index (χ1) is 11.5. The van der Waals surface area contributed by atoms with Gasteiger partial charge in [-0.15, -0.1) is 0 Å². The second-order valence-electron chi connectivity index (χ2n) is 4.77. The van der Waals surface area contributed by atoms with Crippen LogP contribution in [0.3, 0.4) is 0 Å². The number of ether oxygens (including phenoxy) is 1. The van der Waals surface area contributed by atoms with Crippen LogP contribution in [0.25, 0.3) is 6.08 Å². The smallest absolute Gasteiger partial charge is 0.290 e. The van der Waals surface area contributed by atoms with Crippen molar-refractivity contribution in [3.63, 3.8) is 0 Å². The summed E-state index contributed by atoms with van der Waals surface area (Å²) < 4.78 is 6.52. The lowest BCUT2D eigenvalue weighted by Gasteiger charge is -2.03. The Morgan fingerprint density at radius 3 is 2.92 bits per heavy atom. The van der Waals surface area contributed by atoms with Crippen molar-refractivity contribution in [3.05, 3.63) is 39.1 Å². The van der Waals surface area contributed by atoms with Gasteiger partial charge in [0, 0.05) is 7.05 Å². The standard InChI is InChI=1S/C16H16N4O3S/c1-4-14-19-20(2)16(24-14)18-15(22)11(9-17)7-10-5-6-12(21)13(8-10)23-3/h5-8,21H,4H2,1-3H3/b11-7+,18-16+. The maximum Gasteiger partial charge on any atom is 0.290 e. The van der Waals surface area contributed by atoms with Gasteiger partial charge in [-0.3, -0.25) is 4.79 Å². The third-order valence-electron chi connectivity index (χ3n) is 3.11. The molecular formula is C16H16N4O3S. The second kappa shape index (κ2) is 7.57. The molecule has 0 aliphatic carbocycles. The molecule has 2 aromatic rings. The molecule has 124 valence electrons. The first kappa shape index (κ1) is 17.4. The van der Waals surface area contributed by atoms with Gasteiger partial charge in [0.15, 0.2) is 11.5 Å². The van der Waals surface area contributed by atoms with Gasteiger partial charge in [0.2, 0.25) is 4.80 Å². The van der Waals surface area contributed by atoms with Crippen LogP contribution < -0.4 is 9.54 Å². The minimum atomic E-state index is -0.647. The van der Waals surface area contributed by atoms with E-state index in [9.17, 15) is 15.2 Å². The van der Waals surface area contributed by atoms with Gasteiger partial charge in [-0.1, -0.05) is 24.3 Å². The molecule has 1 amide bonds. The zero-order chi connectivity index (χ0) is 17.7. The number of aromatic hydroxyl groups is 1. The number of carbonyl (C=O) groups excluding carboxylic acids is 1. The largest absolute Gasteiger partial charge is 0.504 e. The summed E-state index contributed by atoms with van der Waals surface area (Å²) in [5, 5.41) is 23.9. The van der Waals surface area contributed by atoms with Gasteiger partial charge in [-0.25, -0.2) is 4.68 Å². The molecule has 1 aromatic heterocycles. The Kier molecular flexibility index (Phi) is 5.50. The third-order valence-corrected chi connectivity index (χ3v) is 4.26. The molecule has 0 fully saturated rings. The van der Waals surface area contributed by atoms with Crippen LogP contribution in [0.2, 0.25) is 0 Å². The molecule has 7 nitrogen and oxygen atoms in total. The highest BCUT2D eigenvalue weighted by molar-refractivity contribution is 7.08. The number of aryl methyl sites for hydroxylation is 2.